The van der Waals surface area contributed by atoms with Gasteiger partial charge in [0.2, 0.25) is 0 Å². The maximum Gasteiger partial charge on any atom is 0.391 e. The van der Waals surface area contributed by atoms with Crippen LogP contribution in [0.2, 0.25) is 0 Å². The molecule has 112 valence electrons. The molecule has 21 heavy (non-hydrogen) atoms. The molecule has 0 saturated heterocycles. The van der Waals surface area contributed by atoms with Crippen molar-refractivity contribution in [2.75, 3.05) is 5.32 Å². The van der Waals surface area contributed by atoms with Crippen molar-refractivity contribution >= 4 is 21.6 Å². The van der Waals surface area contributed by atoms with E-state index in [1.165, 1.54) is 18.2 Å². The van der Waals surface area contributed by atoms with Gasteiger partial charge in [-0.15, -0.1) is 0 Å². The average molecular weight is 362 g/mol. The lowest BCUT2D eigenvalue weighted by Crippen LogP contribution is -2.20. The summed E-state index contributed by atoms with van der Waals surface area (Å²) in [4.78, 5) is 0. The highest BCUT2D eigenvalue weighted by Gasteiger charge is 2.33. The largest absolute Gasteiger partial charge is 0.391 e. The Bertz CT molecular complexity index is 598. The Hall–Kier alpha value is -1.56. The second-order valence-electron chi connectivity index (χ2n) is 4.55. The number of hydrogen-bond acceptors (Lipinski definition) is 1. The van der Waals surface area contributed by atoms with Crippen LogP contribution < -0.4 is 5.32 Å². The summed E-state index contributed by atoms with van der Waals surface area (Å²) in [7, 11) is 0. The molecule has 0 fully saturated rings. The lowest BCUT2D eigenvalue weighted by atomic mass is 10.0. The first-order chi connectivity index (χ1) is 9.85. The Kier molecular flexibility index (Phi) is 4.88. The molecule has 2 aromatic rings. The van der Waals surface area contributed by atoms with Gasteiger partial charge >= 0.3 is 6.18 Å². The van der Waals surface area contributed by atoms with Crippen molar-refractivity contribution in [2.45, 2.75) is 18.6 Å². The number of benzene rings is 2. The third-order valence-electron chi connectivity index (χ3n) is 2.90. The van der Waals surface area contributed by atoms with Crippen molar-refractivity contribution < 1.29 is 17.6 Å². The second-order valence-corrected chi connectivity index (χ2v) is 5.47. The molecular weight excluding hydrogens is 350 g/mol. The number of nitrogens with one attached hydrogen (secondary N) is 1. The number of hydrogen-bond donors (Lipinski definition) is 1. The van der Waals surface area contributed by atoms with E-state index in [1.807, 2.05) is 0 Å². The van der Waals surface area contributed by atoms with E-state index in [0.717, 1.165) is 0 Å². The Labute approximate surface area is 128 Å². The summed E-state index contributed by atoms with van der Waals surface area (Å²) in [5, 5.41) is 2.64. The van der Waals surface area contributed by atoms with Crippen LogP contribution in [0, 0.1) is 5.82 Å². The summed E-state index contributed by atoms with van der Waals surface area (Å²) in [6.07, 6.45) is -5.43. The van der Waals surface area contributed by atoms with Gasteiger partial charge in [0.1, 0.15) is 5.82 Å². The fraction of sp³-hybridized carbons (Fsp3) is 0.200. The quantitative estimate of drug-likeness (QED) is 0.689. The van der Waals surface area contributed by atoms with E-state index >= 15 is 0 Å². The first-order valence-corrected chi connectivity index (χ1v) is 6.98. The minimum absolute atomic E-state index is 0.0301. The SMILES string of the molecule is Fc1ccc(Br)cc1NC(CC(F)(F)F)c1ccccc1. The standard InChI is InChI=1S/C15H12BrF4N/c16-11-6-7-12(17)13(8-11)21-14(9-15(18,19)20)10-4-2-1-3-5-10/h1-8,14,21H,9H2. The van der Waals surface area contributed by atoms with Gasteiger partial charge in [0.15, 0.2) is 0 Å². The average Bonchev–Trinajstić information content (AvgIpc) is 2.42. The summed E-state index contributed by atoms with van der Waals surface area (Å²) >= 11 is 3.18. The van der Waals surface area contributed by atoms with Crippen LogP contribution in [-0.4, -0.2) is 6.18 Å². The highest BCUT2D eigenvalue weighted by Crippen LogP contribution is 2.33. The molecule has 0 radical (unpaired) electrons. The molecule has 1 nitrogen and oxygen atoms in total. The van der Waals surface area contributed by atoms with Gasteiger partial charge < -0.3 is 5.32 Å². The Morgan fingerprint density at radius 1 is 1.05 bits per heavy atom. The fourth-order valence-electron chi connectivity index (χ4n) is 1.96. The smallest absolute Gasteiger partial charge is 0.375 e. The maximum atomic E-state index is 13.7. The highest BCUT2D eigenvalue weighted by molar-refractivity contribution is 9.10. The zero-order chi connectivity index (χ0) is 15.5. The highest BCUT2D eigenvalue weighted by atomic mass is 79.9. The first kappa shape index (κ1) is 15.8. The van der Waals surface area contributed by atoms with Crippen LogP contribution in [0.3, 0.4) is 0 Å². The van der Waals surface area contributed by atoms with Gasteiger partial charge in [-0.05, 0) is 23.8 Å². The molecule has 1 N–H and O–H groups in total. The summed E-state index contributed by atoms with van der Waals surface area (Å²) < 4.78 is 52.5. The lowest BCUT2D eigenvalue weighted by Gasteiger charge is -2.22. The molecule has 0 aliphatic heterocycles. The lowest BCUT2D eigenvalue weighted by molar-refractivity contribution is -0.137. The van der Waals surface area contributed by atoms with E-state index in [1.54, 1.807) is 30.3 Å². The van der Waals surface area contributed by atoms with Crippen molar-refractivity contribution in [3.8, 4) is 0 Å². The third kappa shape index (κ3) is 4.74. The van der Waals surface area contributed by atoms with E-state index in [-0.39, 0.29) is 5.69 Å². The molecule has 0 heterocycles. The molecule has 1 atom stereocenters. The maximum absolute atomic E-state index is 13.7. The molecule has 2 aromatic carbocycles. The summed E-state index contributed by atoms with van der Waals surface area (Å²) in [5.41, 5.74) is 0.483. The third-order valence-corrected chi connectivity index (χ3v) is 3.39. The Morgan fingerprint density at radius 2 is 1.71 bits per heavy atom. The van der Waals surface area contributed by atoms with Crippen LogP contribution in [0.25, 0.3) is 0 Å². The van der Waals surface area contributed by atoms with Gasteiger partial charge in [0, 0.05) is 4.47 Å². The predicted octanol–water partition coefficient (Wildman–Crippen LogP) is 5.69. The Morgan fingerprint density at radius 3 is 2.33 bits per heavy atom. The van der Waals surface area contributed by atoms with Gasteiger partial charge in [-0.2, -0.15) is 13.2 Å². The van der Waals surface area contributed by atoms with Crippen LogP contribution in [-0.2, 0) is 0 Å². The van der Waals surface area contributed by atoms with Gasteiger partial charge in [-0.25, -0.2) is 4.39 Å². The topological polar surface area (TPSA) is 12.0 Å². The molecular formula is C15H12BrF4N. The van der Waals surface area contributed by atoms with Crippen LogP contribution in [0.4, 0.5) is 23.2 Å². The molecule has 1 unspecified atom stereocenters. The molecule has 0 aliphatic rings. The van der Waals surface area contributed by atoms with Crippen LogP contribution in [0.15, 0.2) is 53.0 Å². The zero-order valence-corrected chi connectivity index (χ0v) is 12.4. The van der Waals surface area contributed by atoms with E-state index in [0.29, 0.717) is 10.0 Å². The van der Waals surface area contributed by atoms with E-state index < -0.39 is 24.5 Å². The summed E-state index contributed by atoms with van der Waals surface area (Å²) in [5.74, 6) is -0.596. The van der Waals surface area contributed by atoms with E-state index in [2.05, 4.69) is 21.2 Å². The van der Waals surface area contributed by atoms with Crippen molar-refractivity contribution in [1.82, 2.24) is 0 Å². The van der Waals surface area contributed by atoms with Crippen LogP contribution in [0.5, 0.6) is 0 Å². The van der Waals surface area contributed by atoms with E-state index in [4.69, 9.17) is 0 Å². The predicted molar refractivity (Wildman–Crippen MR) is 77.6 cm³/mol. The van der Waals surface area contributed by atoms with Crippen LogP contribution >= 0.6 is 15.9 Å². The molecule has 0 spiro atoms. The first-order valence-electron chi connectivity index (χ1n) is 6.18. The van der Waals surface area contributed by atoms with E-state index in [9.17, 15) is 17.6 Å². The molecule has 0 aliphatic carbocycles. The molecule has 0 aromatic heterocycles. The molecule has 2 rings (SSSR count). The normalized spacial score (nSPS) is 13.0. The minimum atomic E-state index is -4.35. The van der Waals surface area contributed by atoms with Gasteiger partial charge in [0.05, 0.1) is 18.2 Å². The van der Waals surface area contributed by atoms with Gasteiger partial charge in [-0.1, -0.05) is 46.3 Å². The van der Waals surface area contributed by atoms with Crippen molar-refractivity contribution in [3.63, 3.8) is 0 Å². The zero-order valence-electron chi connectivity index (χ0n) is 10.8. The molecule has 6 heteroatoms. The monoisotopic (exact) mass is 361 g/mol. The second kappa shape index (κ2) is 6.47. The molecule has 0 saturated carbocycles. The van der Waals surface area contributed by atoms with Crippen LogP contribution in [0.1, 0.15) is 18.0 Å². The Balaban J connectivity index is 2.30. The number of anilines is 1. The van der Waals surface area contributed by atoms with Gasteiger partial charge in [0.25, 0.3) is 0 Å². The summed E-state index contributed by atoms with van der Waals surface area (Å²) in [6, 6.07) is 11.2. The summed E-state index contributed by atoms with van der Waals surface area (Å²) in [6.45, 7) is 0. The van der Waals surface area contributed by atoms with Crippen molar-refractivity contribution in [3.05, 3.63) is 64.4 Å². The minimum Gasteiger partial charge on any atom is -0.375 e. The molecule has 0 bridgehead atoms. The fourth-order valence-corrected chi connectivity index (χ4v) is 2.33. The van der Waals surface area contributed by atoms with Gasteiger partial charge in [-0.3, -0.25) is 0 Å². The van der Waals surface area contributed by atoms with Crippen molar-refractivity contribution in [2.24, 2.45) is 0 Å². The molecule has 0 amide bonds. The number of halogens is 5. The number of rotatable bonds is 4. The van der Waals surface area contributed by atoms with Crippen molar-refractivity contribution in [1.29, 1.82) is 0 Å². The number of alkyl halides is 3.